The van der Waals surface area contributed by atoms with E-state index in [9.17, 15) is 9.59 Å². The molecule has 1 saturated carbocycles. The molecule has 0 radical (unpaired) electrons. The highest BCUT2D eigenvalue weighted by molar-refractivity contribution is 5.81. The number of carbonyl (C=O) groups excluding carboxylic acids is 2. The van der Waals surface area contributed by atoms with Gasteiger partial charge in [0.1, 0.15) is 11.4 Å². The third kappa shape index (κ3) is 7.86. The van der Waals surface area contributed by atoms with Crippen molar-refractivity contribution in [3.8, 4) is 5.75 Å². The summed E-state index contributed by atoms with van der Waals surface area (Å²) in [5, 5.41) is 0. The summed E-state index contributed by atoms with van der Waals surface area (Å²) >= 11 is 0. The molecule has 0 bridgehead atoms. The predicted molar refractivity (Wildman–Crippen MR) is 187 cm³/mol. The molecular formula is C41H62O4. The maximum absolute atomic E-state index is 13.6. The molecule has 2 aromatic carbocycles. The molecule has 0 saturated heterocycles. The zero-order valence-electron chi connectivity index (χ0n) is 30.7. The van der Waals surface area contributed by atoms with E-state index in [1.165, 1.54) is 41.5 Å². The Morgan fingerprint density at radius 2 is 1.20 bits per heavy atom. The highest BCUT2D eigenvalue weighted by Crippen LogP contribution is 2.47. The van der Waals surface area contributed by atoms with E-state index in [4.69, 9.17) is 9.47 Å². The highest BCUT2D eigenvalue weighted by atomic mass is 16.6. The van der Waals surface area contributed by atoms with Gasteiger partial charge in [-0.25, -0.2) is 0 Å². The Balaban J connectivity index is 1.87. The highest BCUT2D eigenvalue weighted by Gasteiger charge is 2.43. The lowest BCUT2D eigenvalue weighted by Gasteiger charge is -2.40. The van der Waals surface area contributed by atoms with E-state index in [-0.39, 0.29) is 22.8 Å². The van der Waals surface area contributed by atoms with Gasteiger partial charge in [-0.05, 0) is 133 Å². The van der Waals surface area contributed by atoms with Gasteiger partial charge in [0.25, 0.3) is 0 Å². The Labute approximate surface area is 275 Å². The zero-order valence-corrected chi connectivity index (χ0v) is 30.7. The number of benzene rings is 2. The van der Waals surface area contributed by atoms with Gasteiger partial charge in [-0.15, -0.1) is 0 Å². The van der Waals surface area contributed by atoms with E-state index in [0.29, 0.717) is 12.2 Å². The second-order valence-corrected chi connectivity index (χ2v) is 15.8. The van der Waals surface area contributed by atoms with Gasteiger partial charge >= 0.3 is 11.9 Å². The van der Waals surface area contributed by atoms with Gasteiger partial charge in [-0.2, -0.15) is 0 Å². The first-order chi connectivity index (χ1) is 20.9. The molecule has 1 aliphatic carbocycles. The van der Waals surface area contributed by atoms with Crippen LogP contribution in [0.5, 0.6) is 5.75 Å². The Morgan fingerprint density at radius 3 is 1.69 bits per heavy atom. The molecule has 0 heterocycles. The molecule has 45 heavy (non-hydrogen) atoms. The Morgan fingerprint density at radius 1 is 0.689 bits per heavy atom. The van der Waals surface area contributed by atoms with Crippen molar-refractivity contribution in [1.29, 1.82) is 0 Å². The SMILES string of the molecule is CCC(C)(CC)OC(=O)C(C)(C)CC(C)(C)C(=O)Oc1ccc(C2(c3ccc(C(C)(CC)CC)c(C)c3)CCCCC2)cc1C. The van der Waals surface area contributed by atoms with E-state index in [1.54, 1.807) is 0 Å². The van der Waals surface area contributed by atoms with Gasteiger partial charge in [0.2, 0.25) is 0 Å². The van der Waals surface area contributed by atoms with Gasteiger partial charge in [0.05, 0.1) is 10.8 Å². The summed E-state index contributed by atoms with van der Waals surface area (Å²) in [6.45, 7) is 24.8. The number of ether oxygens (including phenoxy) is 2. The quantitative estimate of drug-likeness (QED) is 0.165. The monoisotopic (exact) mass is 618 g/mol. The fourth-order valence-electron chi connectivity index (χ4n) is 7.47. The van der Waals surface area contributed by atoms with Crippen LogP contribution in [0.1, 0.15) is 161 Å². The van der Waals surface area contributed by atoms with Gasteiger partial charge in [0.15, 0.2) is 0 Å². The van der Waals surface area contributed by atoms with Crippen LogP contribution in [0, 0.1) is 24.7 Å². The van der Waals surface area contributed by atoms with Crippen molar-refractivity contribution in [1.82, 2.24) is 0 Å². The van der Waals surface area contributed by atoms with E-state index in [0.717, 1.165) is 44.1 Å². The molecule has 0 atom stereocenters. The van der Waals surface area contributed by atoms with Gasteiger partial charge < -0.3 is 9.47 Å². The molecule has 4 heteroatoms. The summed E-state index contributed by atoms with van der Waals surface area (Å²) in [5.74, 6) is -0.0208. The molecular weight excluding hydrogens is 556 g/mol. The minimum Gasteiger partial charge on any atom is -0.459 e. The number of hydrogen-bond acceptors (Lipinski definition) is 4. The summed E-state index contributed by atoms with van der Waals surface area (Å²) in [4.78, 5) is 26.8. The van der Waals surface area contributed by atoms with E-state index >= 15 is 0 Å². The number of aryl methyl sites for hydroxylation is 2. The third-order valence-electron chi connectivity index (χ3n) is 11.5. The van der Waals surface area contributed by atoms with E-state index in [1.807, 2.05) is 61.5 Å². The Hall–Kier alpha value is -2.62. The zero-order chi connectivity index (χ0) is 33.8. The number of esters is 2. The molecule has 0 spiro atoms. The maximum atomic E-state index is 13.6. The number of carbonyl (C=O) groups is 2. The standard InChI is InChI=1S/C41H62O4/c1-13-39(11,14-2)33-22-20-31(26-29(33)5)41(24-18-17-19-25-41)32-21-23-34(30(6)27-32)44-35(42)37(7,8)28-38(9,10)36(43)45-40(12,15-3)16-4/h20-23,26-27H,13-19,24-25,28H2,1-12H3. The molecule has 0 amide bonds. The van der Waals surface area contributed by atoms with Gasteiger partial charge in [-0.1, -0.05) is 84.2 Å². The molecule has 0 N–H and O–H groups in total. The van der Waals surface area contributed by atoms with Crippen molar-refractivity contribution in [2.24, 2.45) is 10.8 Å². The van der Waals surface area contributed by atoms with Crippen LogP contribution >= 0.6 is 0 Å². The lowest BCUT2D eigenvalue weighted by Crippen LogP contribution is -2.41. The molecule has 2 aromatic rings. The van der Waals surface area contributed by atoms with Gasteiger partial charge in [0, 0.05) is 5.41 Å². The molecule has 4 nitrogen and oxygen atoms in total. The molecule has 1 aliphatic rings. The summed E-state index contributed by atoms with van der Waals surface area (Å²) in [7, 11) is 0. The van der Waals surface area contributed by atoms with Crippen LogP contribution in [-0.2, 0) is 25.2 Å². The predicted octanol–water partition coefficient (Wildman–Crippen LogP) is 11.1. The van der Waals surface area contributed by atoms with Crippen LogP contribution in [0.25, 0.3) is 0 Å². The van der Waals surface area contributed by atoms with Crippen molar-refractivity contribution in [3.05, 3.63) is 64.2 Å². The van der Waals surface area contributed by atoms with E-state index < -0.39 is 16.4 Å². The molecule has 0 unspecified atom stereocenters. The summed E-state index contributed by atoms with van der Waals surface area (Å²) in [6, 6.07) is 13.6. The van der Waals surface area contributed by atoms with Crippen LogP contribution in [0.3, 0.4) is 0 Å². The summed E-state index contributed by atoms with van der Waals surface area (Å²) < 4.78 is 12.0. The Kier molecular flexibility index (Phi) is 11.5. The fraction of sp³-hybridized carbons (Fsp3) is 0.659. The third-order valence-corrected chi connectivity index (χ3v) is 11.5. The molecule has 0 aromatic heterocycles. The minimum atomic E-state index is -0.877. The van der Waals surface area contributed by atoms with Crippen LogP contribution in [-0.4, -0.2) is 17.5 Å². The first kappa shape index (κ1) is 36.8. The smallest absolute Gasteiger partial charge is 0.316 e. The molecule has 1 fully saturated rings. The number of hydrogen-bond donors (Lipinski definition) is 0. The maximum Gasteiger partial charge on any atom is 0.316 e. The van der Waals surface area contributed by atoms with Crippen LogP contribution in [0.4, 0.5) is 0 Å². The average molecular weight is 619 g/mol. The second-order valence-electron chi connectivity index (χ2n) is 15.8. The lowest BCUT2D eigenvalue weighted by atomic mass is 9.64. The normalized spacial score (nSPS) is 15.9. The van der Waals surface area contributed by atoms with Crippen LogP contribution in [0.2, 0.25) is 0 Å². The molecule has 3 rings (SSSR count). The van der Waals surface area contributed by atoms with Crippen LogP contribution < -0.4 is 4.74 Å². The van der Waals surface area contributed by atoms with Crippen molar-refractivity contribution >= 4 is 11.9 Å². The van der Waals surface area contributed by atoms with E-state index in [2.05, 4.69) is 58.0 Å². The summed E-state index contributed by atoms with van der Waals surface area (Å²) in [6.07, 6.45) is 10.0. The van der Waals surface area contributed by atoms with Crippen molar-refractivity contribution < 1.29 is 19.1 Å². The first-order valence-electron chi connectivity index (χ1n) is 17.6. The minimum absolute atomic E-state index is 0.0429. The van der Waals surface area contributed by atoms with Crippen molar-refractivity contribution in [3.63, 3.8) is 0 Å². The first-order valence-corrected chi connectivity index (χ1v) is 17.6. The molecule has 250 valence electrons. The fourth-order valence-corrected chi connectivity index (χ4v) is 7.47. The summed E-state index contributed by atoms with van der Waals surface area (Å²) in [5.41, 5.74) is 4.45. The lowest BCUT2D eigenvalue weighted by molar-refractivity contribution is -0.172. The Bertz CT molecular complexity index is 1330. The van der Waals surface area contributed by atoms with Crippen molar-refractivity contribution in [2.45, 2.75) is 164 Å². The molecule has 0 aliphatic heterocycles. The van der Waals surface area contributed by atoms with Gasteiger partial charge in [-0.3, -0.25) is 9.59 Å². The largest absolute Gasteiger partial charge is 0.459 e. The number of rotatable bonds is 13. The second kappa shape index (κ2) is 14.0. The topological polar surface area (TPSA) is 52.6 Å². The van der Waals surface area contributed by atoms with Crippen LogP contribution in [0.15, 0.2) is 36.4 Å². The average Bonchev–Trinajstić information content (AvgIpc) is 3.01. The van der Waals surface area contributed by atoms with Crippen molar-refractivity contribution in [2.75, 3.05) is 0 Å².